The zero-order valence-corrected chi connectivity index (χ0v) is 16.7. The highest BCUT2D eigenvalue weighted by Crippen LogP contribution is 2.29. The monoisotopic (exact) mass is 432 g/mol. The fraction of sp³-hybridized carbons (Fsp3) is 0.278. The number of alkyl halides is 2. The highest BCUT2D eigenvalue weighted by atomic mass is 35.5. The number of nitrogens with one attached hydrogen (secondary N) is 2. The molecule has 0 aromatic heterocycles. The molecule has 0 heterocycles. The summed E-state index contributed by atoms with van der Waals surface area (Å²) in [6.45, 7) is 0.566. The van der Waals surface area contributed by atoms with Gasteiger partial charge in [-0.05, 0) is 55.3 Å². The van der Waals surface area contributed by atoms with Gasteiger partial charge in [-0.15, -0.1) is 0 Å². The predicted molar refractivity (Wildman–Crippen MR) is 102 cm³/mol. The molecule has 0 atom stereocenters. The Balaban J connectivity index is 1.90. The summed E-state index contributed by atoms with van der Waals surface area (Å²) in [5, 5.41) is 2.42. The van der Waals surface area contributed by atoms with Crippen LogP contribution in [-0.4, -0.2) is 27.5 Å². The first kappa shape index (κ1) is 22.1. The molecule has 6 nitrogen and oxygen atoms in total. The van der Waals surface area contributed by atoms with Crippen molar-refractivity contribution in [3.05, 3.63) is 52.5 Å². The van der Waals surface area contributed by atoms with Crippen molar-refractivity contribution in [2.45, 2.75) is 31.8 Å². The molecule has 2 aromatic rings. The molecule has 0 aliphatic heterocycles. The van der Waals surface area contributed by atoms with Gasteiger partial charge in [0, 0.05) is 18.7 Å². The van der Waals surface area contributed by atoms with Crippen LogP contribution in [0.15, 0.2) is 41.3 Å². The summed E-state index contributed by atoms with van der Waals surface area (Å²) in [5.74, 6) is -0.683. The third-order valence-corrected chi connectivity index (χ3v) is 5.62. The lowest BCUT2D eigenvalue weighted by atomic mass is 10.1. The van der Waals surface area contributed by atoms with E-state index >= 15 is 0 Å². The molecule has 0 aliphatic carbocycles. The van der Waals surface area contributed by atoms with Crippen LogP contribution in [0, 0.1) is 13.8 Å². The van der Waals surface area contributed by atoms with Crippen molar-refractivity contribution in [1.82, 2.24) is 4.72 Å². The highest BCUT2D eigenvalue weighted by Gasteiger charge is 2.15. The minimum absolute atomic E-state index is 0.0893. The summed E-state index contributed by atoms with van der Waals surface area (Å²) < 4.78 is 55.5. The summed E-state index contributed by atoms with van der Waals surface area (Å²) >= 11 is 5.81. The third-order valence-electron chi connectivity index (χ3n) is 3.86. The Morgan fingerprint density at radius 3 is 2.46 bits per heavy atom. The van der Waals surface area contributed by atoms with Gasteiger partial charge < -0.3 is 10.1 Å². The van der Waals surface area contributed by atoms with Crippen LogP contribution in [0.1, 0.15) is 17.5 Å². The van der Waals surface area contributed by atoms with Crippen molar-refractivity contribution in [3.63, 3.8) is 0 Å². The normalized spacial score (nSPS) is 11.5. The second-order valence-electron chi connectivity index (χ2n) is 5.97. The molecule has 0 saturated carbocycles. The van der Waals surface area contributed by atoms with E-state index in [1.54, 1.807) is 12.1 Å². The molecule has 28 heavy (non-hydrogen) atoms. The van der Waals surface area contributed by atoms with Crippen molar-refractivity contribution < 1.29 is 26.7 Å². The molecular weight excluding hydrogens is 414 g/mol. The number of rotatable bonds is 8. The molecule has 0 aliphatic rings. The molecule has 152 valence electrons. The summed E-state index contributed by atoms with van der Waals surface area (Å²) in [4.78, 5) is 12.1. The standard InChI is InChI=1S/C18H19ClF2N2O4S/c1-11-3-5-14(9-12(11)2)28(25,26)22-8-7-17(24)23-13-4-6-16(15(19)10-13)27-18(20)21/h3-6,9-10,18,22H,7-8H2,1-2H3,(H,23,24). The van der Waals surface area contributed by atoms with E-state index in [2.05, 4.69) is 14.8 Å². The van der Waals surface area contributed by atoms with Crippen molar-refractivity contribution >= 4 is 33.2 Å². The van der Waals surface area contributed by atoms with Crippen molar-refractivity contribution in [3.8, 4) is 5.75 Å². The van der Waals surface area contributed by atoms with E-state index < -0.39 is 22.5 Å². The second-order valence-corrected chi connectivity index (χ2v) is 8.14. The van der Waals surface area contributed by atoms with Crippen LogP contribution >= 0.6 is 11.6 Å². The van der Waals surface area contributed by atoms with Crippen LogP contribution < -0.4 is 14.8 Å². The number of carbonyl (C=O) groups excluding carboxylic acids is 1. The summed E-state index contributed by atoms with van der Waals surface area (Å²) in [6.07, 6.45) is -0.128. The average Bonchev–Trinajstić information content (AvgIpc) is 2.59. The lowest BCUT2D eigenvalue weighted by Crippen LogP contribution is -2.28. The molecule has 2 rings (SSSR count). The van der Waals surface area contributed by atoms with Crippen LogP contribution in [0.4, 0.5) is 14.5 Å². The fourth-order valence-corrected chi connectivity index (χ4v) is 3.60. The van der Waals surface area contributed by atoms with E-state index in [4.69, 9.17) is 11.6 Å². The summed E-state index contributed by atoms with van der Waals surface area (Å²) in [7, 11) is -3.73. The van der Waals surface area contributed by atoms with Crippen LogP contribution in [0.3, 0.4) is 0 Å². The Labute approximate surface area is 166 Å². The number of anilines is 1. The topological polar surface area (TPSA) is 84.5 Å². The number of benzene rings is 2. The second kappa shape index (κ2) is 9.31. The molecule has 0 bridgehead atoms. The minimum Gasteiger partial charge on any atom is -0.433 e. The molecule has 10 heteroatoms. The van der Waals surface area contributed by atoms with Crippen LogP contribution in [0.2, 0.25) is 5.02 Å². The van der Waals surface area contributed by atoms with Gasteiger partial charge in [0.25, 0.3) is 0 Å². The molecule has 0 spiro atoms. The maximum absolute atomic E-state index is 12.3. The molecule has 2 aromatic carbocycles. The van der Waals surface area contributed by atoms with Crippen LogP contribution in [0.5, 0.6) is 5.75 Å². The van der Waals surface area contributed by atoms with E-state index in [-0.39, 0.29) is 34.3 Å². The van der Waals surface area contributed by atoms with Gasteiger partial charge in [-0.3, -0.25) is 4.79 Å². The van der Waals surface area contributed by atoms with Crippen molar-refractivity contribution in [2.24, 2.45) is 0 Å². The van der Waals surface area contributed by atoms with Gasteiger partial charge in [0.2, 0.25) is 15.9 Å². The first-order valence-electron chi connectivity index (χ1n) is 8.19. The number of amides is 1. The molecule has 1 amide bonds. The van der Waals surface area contributed by atoms with E-state index in [9.17, 15) is 22.0 Å². The minimum atomic E-state index is -3.73. The number of sulfonamides is 1. The largest absolute Gasteiger partial charge is 0.433 e. The first-order valence-corrected chi connectivity index (χ1v) is 10.1. The number of hydrogen-bond acceptors (Lipinski definition) is 4. The molecule has 0 fully saturated rings. The van der Waals surface area contributed by atoms with Crippen LogP contribution in [-0.2, 0) is 14.8 Å². The Bertz CT molecular complexity index is 968. The number of carbonyl (C=O) groups is 1. The predicted octanol–water partition coefficient (Wildman–Crippen LogP) is 3.87. The van der Waals surface area contributed by atoms with E-state index in [0.29, 0.717) is 0 Å². The molecule has 2 N–H and O–H groups in total. The van der Waals surface area contributed by atoms with E-state index in [1.165, 1.54) is 24.3 Å². The Hall–Kier alpha value is -2.23. The third kappa shape index (κ3) is 6.15. The van der Waals surface area contributed by atoms with Gasteiger partial charge in [0.05, 0.1) is 9.92 Å². The van der Waals surface area contributed by atoms with E-state index in [0.717, 1.165) is 11.1 Å². The molecule has 0 radical (unpaired) electrons. The zero-order valence-electron chi connectivity index (χ0n) is 15.1. The molecular formula is C18H19ClF2N2O4S. The summed E-state index contributed by atoms with van der Waals surface area (Å²) in [6, 6.07) is 8.57. The lowest BCUT2D eigenvalue weighted by molar-refractivity contribution is -0.116. The van der Waals surface area contributed by atoms with E-state index in [1.807, 2.05) is 13.8 Å². The van der Waals surface area contributed by atoms with Crippen LogP contribution in [0.25, 0.3) is 0 Å². The molecule has 0 saturated heterocycles. The van der Waals surface area contributed by atoms with Crippen molar-refractivity contribution in [1.29, 1.82) is 0 Å². The molecule has 0 unspecified atom stereocenters. The lowest BCUT2D eigenvalue weighted by Gasteiger charge is -2.10. The first-order chi connectivity index (χ1) is 13.1. The number of halogens is 3. The number of hydrogen-bond donors (Lipinski definition) is 2. The maximum atomic E-state index is 12.3. The number of aryl methyl sites for hydroxylation is 2. The summed E-state index contributed by atoms with van der Waals surface area (Å²) in [5.41, 5.74) is 2.09. The quantitative estimate of drug-likeness (QED) is 0.663. The van der Waals surface area contributed by atoms with Gasteiger partial charge in [0.15, 0.2) is 0 Å². The highest BCUT2D eigenvalue weighted by molar-refractivity contribution is 7.89. The SMILES string of the molecule is Cc1ccc(S(=O)(=O)NCCC(=O)Nc2ccc(OC(F)F)c(Cl)c2)cc1C. The van der Waals surface area contributed by atoms with Gasteiger partial charge in [-0.25, -0.2) is 13.1 Å². The Morgan fingerprint density at radius 1 is 1.14 bits per heavy atom. The van der Waals surface area contributed by atoms with Gasteiger partial charge in [-0.2, -0.15) is 8.78 Å². The average molecular weight is 433 g/mol. The van der Waals surface area contributed by atoms with Gasteiger partial charge in [-0.1, -0.05) is 17.7 Å². The zero-order chi connectivity index (χ0) is 20.9. The number of ether oxygens (including phenoxy) is 1. The Morgan fingerprint density at radius 2 is 1.86 bits per heavy atom. The maximum Gasteiger partial charge on any atom is 0.387 e. The van der Waals surface area contributed by atoms with Gasteiger partial charge in [0.1, 0.15) is 5.75 Å². The Kier molecular flexibility index (Phi) is 7.34. The van der Waals surface area contributed by atoms with Crippen molar-refractivity contribution in [2.75, 3.05) is 11.9 Å². The fourth-order valence-electron chi connectivity index (χ4n) is 2.26. The smallest absolute Gasteiger partial charge is 0.387 e. The van der Waals surface area contributed by atoms with Gasteiger partial charge >= 0.3 is 6.61 Å².